The van der Waals surface area contributed by atoms with E-state index in [4.69, 9.17) is 10.5 Å². The highest BCUT2D eigenvalue weighted by molar-refractivity contribution is 5.87. The summed E-state index contributed by atoms with van der Waals surface area (Å²) in [5, 5.41) is 9.24. The van der Waals surface area contributed by atoms with Gasteiger partial charge < -0.3 is 20.1 Å². The fourth-order valence-corrected chi connectivity index (χ4v) is 2.81. The van der Waals surface area contributed by atoms with Crippen molar-refractivity contribution < 1.29 is 14.6 Å². The zero-order chi connectivity index (χ0) is 12.8. The molecule has 3 N–H and O–H groups in total. The number of carboxylic acid groups (broad SMARTS) is 1. The van der Waals surface area contributed by atoms with E-state index >= 15 is 0 Å². The number of aromatic carboxylic acids is 1. The average Bonchev–Trinajstić information content (AvgIpc) is 2.69. The number of imidazole rings is 1. The number of carbonyl (C=O) groups is 1. The number of carboxylic acids is 1. The number of rotatable bonds is 3. The minimum atomic E-state index is -0.945. The molecule has 1 saturated heterocycles. The maximum absolute atomic E-state index is 11.3. The van der Waals surface area contributed by atoms with Gasteiger partial charge in [-0.1, -0.05) is 0 Å². The van der Waals surface area contributed by atoms with Crippen molar-refractivity contribution in [1.29, 1.82) is 0 Å². The van der Waals surface area contributed by atoms with E-state index in [2.05, 4.69) is 9.55 Å². The molecule has 18 heavy (non-hydrogen) atoms. The molecule has 1 fully saturated rings. The largest absolute Gasteiger partial charge is 0.476 e. The van der Waals surface area contributed by atoms with Gasteiger partial charge in [0.1, 0.15) is 5.82 Å². The average molecular weight is 251 g/mol. The topological polar surface area (TPSA) is 90.4 Å². The zero-order valence-corrected chi connectivity index (χ0v) is 10.2. The van der Waals surface area contributed by atoms with Crippen LogP contribution in [0.25, 0.3) is 0 Å². The molecule has 3 rings (SSSR count). The van der Waals surface area contributed by atoms with E-state index in [1.165, 1.54) is 0 Å². The number of hydrogen-bond donors (Lipinski definition) is 2. The van der Waals surface area contributed by atoms with Crippen LogP contribution in [0.5, 0.6) is 0 Å². The molecule has 0 aromatic carbocycles. The summed E-state index contributed by atoms with van der Waals surface area (Å²) in [7, 11) is 0. The van der Waals surface area contributed by atoms with Crippen molar-refractivity contribution in [2.45, 2.75) is 31.2 Å². The van der Waals surface area contributed by atoms with Crippen LogP contribution in [0.15, 0.2) is 0 Å². The van der Waals surface area contributed by atoms with E-state index < -0.39 is 5.97 Å². The van der Waals surface area contributed by atoms with Gasteiger partial charge in [0.2, 0.25) is 0 Å². The van der Waals surface area contributed by atoms with E-state index in [0.717, 1.165) is 37.3 Å². The zero-order valence-electron chi connectivity index (χ0n) is 10.2. The molecule has 0 atom stereocenters. The van der Waals surface area contributed by atoms with Crippen LogP contribution in [-0.2, 0) is 23.1 Å². The number of aromatic nitrogens is 2. The van der Waals surface area contributed by atoms with Crippen LogP contribution in [0.1, 0.15) is 34.8 Å². The molecule has 0 amide bonds. The molecule has 6 nitrogen and oxygen atoms in total. The highest BCUT2D eigenvalue weighted by Crippen LogP contribution is 2.34. The fourth-order valence-electron chi connectivity index (χ4n) is 2.81. The van der Waals surface area contributed by atoms with Gasteiger partial charge in [0.05, 0.1) is 24.3 Å². The second-order valence-electron chi connectivity index (χ2n) is 5.12. The highest BCUT2D eigenvalue weighted by atomic mass is 16.5. The molecule has 0 saturated carbocycles. The van der Waals surface area contributed by atoms with Gasteiger partial charge in [-0.2, -0.15) is 0 Å². The normalized spacial score (nSPS) is 21.2. The van der Waals surface area contributed by atoms with Crippen LogP contribution in [0, 0.1) is 0 Å². The van der Waals surface area contributed by atoms with Gasteiger partial charge in [0.15, 0.2) is 5.69 Å². The lowest BCUT2D eigenvalue weighted by Gasteiger charge is -2.40. The van der Waals surface area contributed by atoms with Crippen LogP contribution in [0.4, 0.5) is 0 Å². The van der Waals surface area contributed by atoms with E-state index in [1.54, 1.807) is 0 Å². The predicted molar refractivity (Wildman–Crippen MR) is 63.7 cm³/mol. The van der Waals surface area contributed by atoms with Gasteiger partial charge >= 0.3 is 5.97 Å². The molecule has 0 radical (unpaired) electrons. The Morgan fingerprint density at radius 2 is 2.28 bits per heavy atom. The predicted octanol–water partition coefficient (Wildman–Crippen LogP) is 0.144. The number of nitrogens with zero attached hydrogens (tertiary/aromatic N) is 2. The van der Waals surface area contributed by atoms with Crippen LogP contribution in [0.2, 0.25) is 0 Å². The lowest BCUT2D eigenvalue weighted by Crippen LogP contribution is -2.54. The first-order valence-electron chi connectivity index (χ1n) is 6.29. The molecule has 98 valence electrons. The molecule has 1 aromatic rings. The molecule has 0 aliphatic carbocycles. The standard InChI is InChI=1S/C12H17N3O3/c13-5-12(6-18-7-12)11-14-9(10(16)17)8-3-1-2-4-15(8)11/h1-7,13H2,(H,16,17). The number of fused-ring (bicyclic) bond motifs is 1. The second kappa shape index (κ2) is 4.07. The van der Waals surface area contributed by atoms with Crippen molar-refractivity contribution in [3.63, 3.8) is 0 Å². The quantitative estimate of drug-likeness (QED) is 0.797. The Labute approximate surface area is 105 Å². The first kappa shape index (κ1) is 11.7. The third-order valence-electron chi connectivity index (χ3n) is 3.94. The number of nitrogens with two attached hydrogens (primary N) is 1. The summed E-state index contributed by atoms with van der Waals surface area (Å²) in [6, 6.07) is 0. The molecule has 2 aliphatic rings. The minimum Gasteiger partial charge on any atom is -0.476 e. The Hall–Kier alpha value is -1.40. The molecule has 0 spiro atoms. The number of hydrogen-bond acceptors (Lipinski definition) is 4. The van der Waals surface area contributed by atoms with Crippen molar-refractivity contribution in [3.05, 3.63) is 17.2 Å². The summed E-state index contributed by atoms with van der Waals surface area (Å²) in [6.45, 7) is 2.37. The smallest absolute Gasteiger partial charge is 0.356 e. The summed E-state index contributed by atoms with van der Waals surface area (Å²) >= 11 is 0. The van der Waals surface area contributed by atoms with Crippen LogP contribution in [0.3, 0.4) is 0 Å². The SMILES string of the molecule is NCC1(c2nc(C(=O)O)c3n2CCCC3)COC1. The van der Waals surface area contributed by atoms with Crippen molar-refractivity contribution >= 4 is 5.97 Å². The Bertz CT molecular complexity index is 485. The third kappa shape index (κ3) is 1.49. The van der Waals surface area contributed by atoms with Crippen molar-refractivity contribution in [2.75, 3.05) is 19.8 Å². The third-order valence-corrected chi connectivity index (χ3v) is 3.94. The summed E-state index contributed by atoms with van der Waals surface area (Å²) < 4.78 is 7.32. The Morgan fingerprint density at radius 3 is 2.83 bits per heavy atom. The van der Waals surface area contributed by atoms with Gasteiger partial charge in [0.25, 0.3) is 0 Å². The summed E-state index contributed by atoms with van der Waals surface area (Å²) in [5.74, 6) is -0.136. The van der Waals surface area contributed by atoms with Gasteiger partial charge in [0, 0.05) is 13.1 Å². The van der Waals surface area contributed by atoms with Gasteiger partial charge in [-0.15, -0.1) is 0 Å². The Balaban J connectivity index is 2.12. The van der Waals surface area contributed by atoms with E-state index in [9.17, 15) is 9.90 Å². The minimum absolute atomic E-state index is 0.199. The lowest BCUT2D eigenvalue weighted by molar-refractivity contribution is -0.0611. The molecule has 0 bridgehead atoms. The number of ether oxygens (including phenoxy) is 1. The van der Waals surface area contributed by atoms with E-state index in [1.807, 2.05) is 0 Å². The molecule has 0 unspecified atom stereocenters. The first-order chi connectivity index (χ1) is 8.68. The summed E-state index contributed by atoms with van der Waals surface area (Å²) in [6.07, 6.45) is 2.88. The highest BCUT2D eigenvalue weighted by Gasteiger charge is 2.44. The first-order valence-corrected chi connectivity index (χ1v) is 6.29. The molecule has 3 heterocycles. The fraction of sp³-hybridized carbons (Fsp3) is 0.667. The Kier molecular flexibility index (Phi) is 2.64. The van der Waals surface area contributed by atoms with Crippen LogP contribution >= 0.6 is 0 Å². The van der Waals surface area contributed by atoms with E-state index in [0.29, 0.717) is 19.8 Å². The molecule has 2 aliphatic heterocycles. The van der Waals surface area contributed by atoms with Crippen LogP contribution in [-0.4, -0.2) is 40.4 Å². The van der Waals surface area contributed by atoms with Crippen molar-refractivity contribution in [1.82, 2.24) is 9.55 Å². The van der Waals surface area contributed by atoms with Gasteiger partial charge in [-0.05, 0) is 19.3 Å². The van der Waals surface area contributed by atoms with Crippen molar-refractivity contribution in [2.24, 2.45) is 5.73 Å². The second-order valence-corrected chi connectivity index (χ2v) is 5.12. The van der Waals surface area contributed by atoms with E-state index in [-0.39, 0.29) is 11.1 Å². The molecular formula is C12H17N3O3. The Morgan fingerprint density at radius 1 is 1.50 bits per heavy atom. The lowest BCUT2D eigenvalue weighted by atomic mass is 9.85. The van der Waals surface area contributed by atoms with Crippen LogP contribution < -0.4 is 5.73 Å². The maximum Gasteiger partial charge on any atom is 0.356 e. The molecule has 1 aromatic heterocycles. The molecule has 6 heteroatoms. The summed E-state index contributed by atoms with van der Waals surface area (Å²) in [4.78, 5) is 15.6. The monoisotopic (exact) mass is 251 g/mol. The summed E-state index contributed by atoms with van der Waals surface area (Å²) in [5.41, 5.74) is 6.61. The molecular weight excluding hydrogens is 234 g/mol. The van der Waals surface area contributed by atoms with Crippen molar-refractivity contribution in [3.8, 4) is 0 Å². The maximum atomic E-state index is 11.3. The van der Waals surface area contributed by atoms with Gasteiger partial charge in [-0.3, -0.25) is 0 Å². The van der Waals surface area contributed by atoms with Gasteiger partial charge in [-0.25, -0.2) is 9.78 Å².